The first-order valence-corrected chi connectivity index (χ1v) is 12.0. The van der Waals surface area contributed by atoms with E-state index in [0.717, 1.165) is 10.8 Å². The molecule has 0 amide bonds. The highest BCUT2D eigenvalue weighted by atomic mass is 32.2. The summed E-state index contributed by atoms with van der Waals surface area (Å²) >= 11 is 0. The molecule has 5 rings (SSSR count). The second-order valence-electron chi connectivity index (χ2n) is 7.72. The Labute approximate surface area is 197 Å². The molecule has 1 aliphatic carbocycles. The molecule has 0 unspecified atom stereocenters. The van der Waals surface area contributed by atoms with Crippen LogP contribution in [0.5, 0.6) is 5.75 Å². The van der Waals surface area contributed by atoms with Crippen LogP contribution >= 0.6 is 0 Å². The third-order valence-corrected chi connectivity index (χ3v) is 6.87. The molecule has 0 aliphatic heterocycles. The summed E-state index contributed by atoms with van der Waals surface area (Å²) in [6, 6.07) is 26.4. The number of nitrogens with zero attached hydrogens (tertiary/aromatic N) is 1. The largest absolute Gasteiger partial charge is 0.495 e. The minimum Gasteiger partial charge on any atom is -0.495 e. The number of anilines is 1. The first-order valence-electron chi connectivity index (χ1n) is 10.6. The Morgan fingerprint density at radius 2 is 1.47 bits per heavy atom. The zero-order chi connectivity index (χ0) is 23.7. The van der Waals surface area contributed by atoms with Crippen LogP contribution in [0.15, 0.2) is 112 Å². The predicted octanol–water partition coefficient (Wildman–Crippen LogP) is 5.22. The number of benzene rings is 4. The average molecular weight is 469 g/mol. The SMILES string of the molecule is COc1ccccc1NC1=CC(=NS(=O)(=O)c2ccc3ccccc3c2)c2ccccc2C1=O. The Hall–Kier alpha value is -4.23. The third-order valence-electron chi connectivity index (χ3n) is 5.59. The van der Waals surface area contributed by atoms with Gasteiger partial charge in [-0.15, -0.1) is 0 Å². The summed E-state index contributed by atoms with van der Waals surface area (Å²) in [7, 11) is -2.50. The van der Waals surface area contributed by atoms with Crippen molar-refractivity contribution in [1.29, 1.82) is 0 Å². The molecule has 4 aromatic rings. The van der Waals surface area contributed by atoms with Crippen molar-refractivity contribution in [3.05, 3.63) is 114 Å². The molecule has 0 heterocycles. The summed E-state index contributed by atoms with van der Waals surface area (Å²) in [6.07, 6.45) is 1.47. The molecule has 168 valence electrons. The van der Waals surface area contributed by atoms with Crippen molar-refractivity contribution < 1.29 is 17.9 Å². The number of Topliss-reactive ketones (excluding diaryl/α,β-unsaturated/α-hetero) is 1. The van der Waals surface area contributed by atoms with Gasteiger partial charge in [0.25, 0.3) is 10.0 Å². The molecule has 1 aliphatic rings. The van der Waals surface area contributed by atoms with Crippen LogP contribution in [-0.4, -0.2) is 27.0 Å². The van der Waals surface area contributed by atoms with Crippen LogP contribution in [-0.2, 0) is 10.0 Å². The average Bonchev–Trinajstić information content (AvgIpc) is 2.86. The van der Waals surface area contributed by atoms with E-state index >= 15 is 0 Å². The topological polar surface area (TPSA) is 84.8 Å². The highest BCUT2D eigenvalue weighted by Gasteiger charge is 2.26. The Bertz CT molecular complexity index is 1600. The smallest absolute Gasteiger partial charge is 0.282 e. The van der Waals surface area contributed by atoms with Crippen LogP contribution in [0.3, 0.4) is 0 Å². The van der Waals surface area contributed by atoms with Crippen LogP contribution in [0.25, 0.3) is 10.8 Å². The quantitative estimate of drug-likeness (QED) is 0.434. The Morgan fingerprint density at radius 1 is 0.794 bits per heavy atom. The van der Waals surface area contributed by atoms with Crippen LogP contribution < -0.4 is 10.1 Å². The summed E-state index contributed by atoms with van der Waals surface area (Å²) < 4.78 is 36.0. The molecule has 0 aromatic heterocycles. The number of hydrogen-bond acceptors (Lipinski definition) is 5. The second-order valence-corrected chi connectivity index (χ2v) is 9.32. The summed E-state index contributed by atoms with van der Waals surface area (Å²) in [5, 5.41) is 4.82. The number of sulfonamides is 1. The number of hydrogen-bond donors (Lipinski definition) is 1. The van der Waals surface area contributed by atoms with E-state index in [-0.39, 0.29) is 22.1 Å². The lowest BCUT2D eigenvalue weighted by molar-refractivity contribution is 0.103. The zero-order valence-electron chi connectivity index (χ0n) is 18.2. The number of carbonyl (C=O) groups is 1. The molecule has 0 saturated carbocycles. The summed E-state index contributed by atoms with van der Waals surface area (Å²) in [4.78, 5) is 13.3. The predicted molar refractivity (Wildman–Crippen MR) is 133 cm³/mol. The Balaban J connectivity index is 1.62. The van der Waals surface area contributed by atoms with Crippen LogP contribution in [0.2, 0.25) is 0 Å². The van der Waals surface area contributed by atoms with E-state index in [1.165, 1.54) is 13.2 Å². The lowest BCUT2D eigenvalue weighted by atomic mass is 9.92. The van der Waals surface area contributed by atoms with Gasteiger partial charge in [0, 0.05) is 11.1 Å². The van der Waals surface area contributed by atoms with E-state index in [1.807, 2.05) is 36.4 Å². The fraction of sp³-hybridized carbons (Fsp3) is 0.0370. The second kappa shape index (κ2) is 8.61. The van der Waals surface area contributed by atoms with Gasteiger partial charge in [0.15, 0.2) is 0 Å². The van der Waals surface area contributed by atoms with Crippen LogP contribution in [0.4, 0.5) is 5.69 Å². The minimum absolute atomic E-state index is 0.0840. The normalized spacial score (nSPS) is 14.6. The molecule has 0 atom stereocenters. The number of methoxy groups -OCH3 is 1. The number of allylic oxidation sites excluding steroid dienone is 2. The molecule has 4 aromatic carbocycles. The number of fused-ring (bicyclic) bond motifs is 2. The van der Waals surface area contributed by atoms with Crippen molar-refractivity contribution in [2.45, 2.75) is 4.90 Å². The Morgan fingerprint density at radius 3 is 2.26 bits per heavy atom. The minimum atomic E-state index is -4.04. The van der Waals surface area contributed by atoms with Crippen molar-refractivity contribution in [3.63, 3.8) is 0 Å². The van der Waals surface area contributed by atoms with E-state index in [9.17, 15) is 13.2 Å². The fourth-order valence-corrected chi connectivity index (χ4v) is 4.93. The number of para-hydroxylation sites is 2. The maximum atomic E-state index is 13.3. The van der Waals surface area contributed by atoms with Crippen molar-refractivity contribution in [1.82, 2.24) is 0 Å². The number of nitrogens with one attached hydrogen (secondary N) is 1. The van der Waals surface area contributed by atoms with Gasteiger partial charge in [0.2, 0.25) is 5.78 Å². The standard InChI is InChI=1S/C27H20N2O4S/c1-33-26-13-7-6-12-23(26)28-25-17-24(21-10-4-5-11-22(21)27(25)30)29-34(31,32)20-15-14-18-8-2-3-9-19(18)16-20/h2-17,28H,1H3. The number of carbonyl (C=O) groups excluding carboxylic acids is 1. The maximum Gasteiger partial charge on any atom is 0.282 e. The first kappa shape index (κ1) is 21.6. The van der Waals surface area contributed by atoms with Gasteiger partial charge in [0.05, 0.1) is 29.1 Å². The molecular weight excluding hydrogens is 448 g/mol. The molecular formula is C27H20N2O4S. The van der Waals surface area contributed by atoms with Gasteiger partial charge < -0.3 is 10.1 Å². The molecule has 0 saturated heterocycles. The molecule has 0 fully saturated rings. The van der Waals surface area contributed by atoms with Gasteiger partial charge in [-0.3, -0.25) is 4.79 Å². The van der Waals surface area contributed by atoms with Crippen molar-refractivity contribution >= 4 is 38.0 Å². The summed E-state index contributed by atoms with van der Waals surface area (Å²) in [5.41, 5.74) is 1.80. The van der Waals surface area contributed by atoms with Crippen molar-refractivity contribution in [3.8, 4) is 5.75 Å². The van der Waals surface area contributed by atoms with E-state index in [2.05, 4.69) is 9.71 Å². The summed E-state index contributed by atoms with van der Waals surface area (Å²) in [6.45, 7) is 0. The molecule has 6 nitrogen and oxygen atoms in total. The third kappa shape index (κ3) is 3.97. The Kier molecular flexibility index (Phi) is 5.47. The lowest BCUT2D eigenvalue weighted by Gasteiger charge is -2.19. The van der Waals surface area contributed by atoms with Crippen LogP contribution in [0.1, 0.15) is 15.9 Å². The molecule has 7 heteroatoms. The van der Waals surface area contributed by atoms with E-state index in [1.54, 1.807) is 54.6 Å². The first-order chi connectivity index (χ1) is 16.5. The number of ether oxygens (including phenoxy) is 1. The highest BCUT2D eigenvalue weighted by Crippen LogP contribution is 2.29. The van der Waals surface area contributed by atoms with Gasteiger partial charge in [-0.05, 0) is 41.1 Å². The highest BCUT2D eigenvalue weighted by molar-refractivity contribution is 7.90. The van der Waals surface area contributed by atoms with Gasteiger partial charge in [-0.1, -0.05) is 66.7 Å². The fourth-order valence-electron chi connectivity index (χ4n) is 3.90. The van der Waals surface area contributed by atoms with Gasteiger partial charge in [0.1, 0.15) is 5.75 Å². The lowest BCUT2D eigenvalue weighted by Crippen LogP contribution is -2.22. The van der Waals surface area contributed by atoms with E-state index in [0.29, 0.717) is 22.6 Å². The molecule has 34 heavy (non-hydrogen) atoms. The molecule has 0 bridgehead atoms. The van der Waals surface area contributed by atoms with Crippen molar-refractivity contribution in [2.24, 2.45) is 4.40 Å². The van der Waals surface area contributed by atoms with E-state index < -0.39 is 10.0 Å². The van der Waals surface area contributed by atoms with Gasteiger partial charge >= 0.3 is 0 Å². The number of rotatable bonds is 5. The maximum absolute atomic E-state index is 13.3. The molecule has 0 spiro atoms. The van der Waals surface area contributed by atoms with Crippen molar-refractivity contribution in [2.75, 3.05) is 12.4 Å². The van der Waals surface area contributed by atoms with E-state index in [4.69, 9.17) is 4.74 Å². The monoisotopic (exact) mass is 468 g/mol. The molecule has 0 radical (unpaired) electrons. The molecule has 1 N–H and O–H groups in total. The number of ketones is 1. The van der Waals surface area contributed by atoms with Gasteiger partial charge in [-0.2, -0.15) is 12.8 Å². The van der Waals surface area contributed by atoms with Gasteiger partial charge in [-0.25, -0.2) is 0 Å². The summed E-state index contributed by atoms with van der Waals surface area (Å²) in [5.74, 6) is 0.292. The zero-order valence-corrected chi connectivity index (χ0v) is 19.0. The van der Waals surface area contributed by atoms with Crippen LogP contribution in [0, 0.1) is 0 Å².